The van der Waals surface area contributed by atoms with Crippen LogP contribution in [0.5, 0.6) is 0 Å². The summed E-state index contributed by atoms with van der Waals surface area (Å²) in [6, 6.07) is 1.29. The third kappa shape index (κ3) is 9.86. The summed E-state index contributed by atoms with van der Waals surface area (Å²) < 4.78 is 0. The van der Waals surface area contributed by atoms with E-state index in [1.165, 1.54) is 32.4 Å². The number of hydrogen-bond donors (Lipinski definition) is 1. The van der Waals surface area contributed by atoms with Crippen LogP contribution < -0.4 is 5.32 Å². The Hall–Kier alpha value is -0.120. The molecule has 0 fully saturated rings. The molecule has 0 spiro atoms. The minimum atomic E-state index is 0.622. The molecule has 0 aliphatic rings. The third-order valence-corrected chi connectivity index (χ3v) is 3.33. The van der Waals surface area contributed by atoms with Crippen LogP contribution in [0.4, 0.5) is 0 Å². The average Bonchev–Trinajstić information content (AvgIpc) is 2.26. The van der Waals surface area contributed by atoms with Gasteiger partial charge in [0.2, 0.25) is 0 Å². The molecule has 18 heavy (non-hydrogen) atoms. The molecule has 0 heterocycles. The van der Waals surface area contributed by atoms with Crippen molar-refractivity contribution in [1.29, 1.82) is 0 Å². The highest BCUT2D eigenvalue weighted by molar-refractivity contribution is 4.68. The molecule has 0 radical (unpaired) electrons. The Morgan fingerprint density at radius 1 is 1.00 bits per heavy atom. The van der Waals surface area contributed by atoms with Crippen molar-refractivity contribution in [2.24, 2.45) is 0 Å². The number of nitrogens with zero attached hydrogens (tertiary/aromatic N) is 2. The fourth-order valence-electron chi connectivity index (χ4n) is 2.34. The second kappa shape index (κ2) is 10.8. The van der Waals surface area contributed by atoms with Gasteiger partial charge in [-0.2, -0.15) is 0 Å². The largest absolute Gasteiger partial charge is 0.315 e. The number of nitrogens with one attached hydrogen (secondary N) is 1. The van der Waals surface area contributed by atoms with Crippen molar-refractivity contribution in [3.8, 4) is 0 Å². The lowest BCUT2D eigenvalue weighted by atomic mass is 10.2. The molecule has 0 aliphatic heterocycles. The third-order valence-electron chi connectivity index (χ3n) is 3.33. The highest BCUT2D eigenvalue weighted by Gasteiger charge is 2.11. The first kappa shape index (κ1) is 17.9. The standard InChI is InChI=1S/C15H35N3/c1-7-18(15(4)13-17(5)6)12-10-8-9-11-16-14(2)3/h14-16H,7-13H2,1-6H3. The normalized spacial score (nSPS) is 13.8. The number of unbranched alkanes of at least 4 members (excludes halogenated alkanes) is 2. The number of likely N-dealkylation sites (N-methyl/N-ethyl adjacent to an activating group) is 2. The summed E-state index contributed by atoms with van der Waals surface area (Å²) in [7, 11) is 4.31. The van der Waals surface area contributed by atoms with Gasteiger partial charge in [0.25, 0.3) is 0 Å². The minimum Gasteiger partial charge on any atom is -0.315 e. The van der Waals surface area contributed by atoms with E-state index in [0.717, 1.165) is 13.1 Å². The van der Waals surface area contributed by atoms with E-state index >= 15 is 0 Å². The fraction of sp³-hybridized carbons (Fsp3) is 1.00. The molecular formula is C15H35N3. The van der Waals surface area contributed by atoms with Crippen LogP contribution in [0.25, 0.3) is 0 Å². The summed E-state index contributed by atoms with van der Waals surface area (Å²) in [5.74, 6) is 0. The second-order valence-corrected chi connectivity index (χ2v) is 5.91. The zero-order valence-electron chi connectivity index (χ0n) is 13.5. The Bertz CT molecular complexity index is 181. The molecule has 1 unspecified atom stereocenters. The molecule has 0 aromatic rings. The summed E-state index contributed by atoms with van der Waals surface area (Å²) in [6.07, 6.45) is 3.97. The Morgan fingerprint density at radius 3 is 2.17 bits per heavy atom. The first-order valence-corrected chi connectivity index (χ1v) is 7.59. The van der Waals surface area contributed by atoms with Crippen molar-refractivity contribution < 1.29 is 0 Å². The van der Waals surface area contributed by atoms with Gasteiger partial charge in [0.15, 0.2) is 0 Å². The lowest BCUT2D eigenvalue weighted by molar-refractivity contribution is 0.178. The summed E-state index contributed by atoms with van der Waals surface area (Å²) in [6.45, 7) is 13.8. The first-order valence-electron chi connectivity index (χ1n) is 7.59. The van der Waals surface area contributed by atoms with Gasteiger partial charge in [-0.3, -0.25) is 4.90 Å². The molecular weight excluding hydrogens is 222 g/mol. The van der Waals surface area contributed by atoms with Gasteiger partial charge in [0.05, 0.1) is 0 Å². The van der Waals surface area contributed by atoms with Crippen LogP contribution in [0.3, 0.4) is 0 Å². The highest BCUT2D eigenvalue weighted by atomic mass is 15.2. The Balaban J connectivity index is 3.61. The summed E-state index contributed by atoms with van der Waals surface area (Å²) >= 11 is 0. The molecule has 0 saturated heterocycles. The fourth-order valence-corrected chi connectivity index (χ4v) is 2.34. The maximum absolute atomic E-state index is 3.48. The van der Waals surface area contributed by atoms with Crippen LogP contribution in [0.15, 0.2) is 0 Å². The molecule has 1 atom stereocenters. The van der Waals surface area contributed by atoms with Gasteiger partial charge < -0.3 is 10.2 Å². The monoisotopic (exact) mass is 257 g/mol. The van der Waals surface area contributed by atoms with E-state index in [1.54, 1.807) is 0 Å². The molecule has 0 saturated carbocycles. The first-order chi connectivity index (χ1) is 8.47. The van der Waals surface area contributed by atoms with Gasteiger partial charge in [0.1, 0.15) is 0 Å². The van der Waals surface area contributed by atoms with Crippen LogP contribution in [-0.2, 0) is 0 Å². The SMILES string of the molecule is CCN(CCCCCNC(C)C)C(C)CN(C)C. The van der Waals surface area contributed by atoms with Crippen molar-refractivity contribution >= 4 is 0 Å². The van der Waals surface area contributed by atoms with Crippen molar-refractivity contribution in [3.63, 3.8) is 0 Å². The minimum absolute atomic E-state index is 0.622. The van der Waals surface area contributed by atoms with Crippen molar-refractivity contribution in [2.75, 3.05) is 40.3 Å². The van der Waals surface area contributed by atoms with E-state index in [9.17, 15) is 0 Å². The molecule has 3 heteroatoms. The number of hydrogen-bond acceptors (Lipinski definition) is 3. The van der Waals surface area contributed by atoms with E-state index in [2.05, 4.69) is 56.9 Å². The van der Waals surface area contributed by atoms with Crippen LogP contribution >= 0.6 is 0 Å². The van der Waals surface area contributed by atoms with Crippen molar-refractivity contribution in [1.82, 2.24) is 15.1 Å². The molecule has 0 amide bonds. The van der Waals surface area contributed by atoms with Crippen molar-refractivity contribution in [3.05, 3.63) is 0 Å². The quantitative estimate of drug-likeness (QED) is 0.574. The van der Waals surface area contributed by atoms with Gasteiger partial charge in [-0.25, -0.2) is 0 Å². The zero-order valence-corrected chi connectivity index (χ0v) is 13.5. The molecule has 1 N–H and O–H groups in total. The van der Waals surface area contributed by atoms with Gasteiger partial charge in [-0.05, 0) is 53.5 Å². The van der Waals surface area contributed by atoms with E-state index in [1.807, 2.05) is 0 Å². The Kier molecular flexibility index (Phi) is 10.7. The van der Waals surface area contributed by atoms with Crippen LogP contribution in [0.2, 0.25) is 0 Å². The van der Waals surface area contributed by atoms with Gasteiger partial charge in [-0.15, -0.1) is 0 Å². The summed E-state index contributed by atoms with van der Waals surface area (Å²) in [4.78, 5) is 4.87. The van der Waals surface area contributed by atoms with E-state index in [4.69, 9.17) is 0 Å². The molecule has 110 valence electrons. The molecule has 0 bridgehead atoms. The summed E-state index contributed by atoms with van der Waals surface area (Å²) in [5, 5.41) is 3.48. The molecule has 0 aromatic heterocycles. The highest BCUT2D eigenvalue weighted by Crippen LogP contribution is 2.04. The van der Waals surface area contributed by atoms with Gasteiger partial charge >= 0.3 is 0 Å². The molecule has 0 aromatic carbocycles. The van der Waals surface area contributed by atoms with E-state index in [-0.39, 0.29) is 0 Å². The summed E-state index contributed by atoms with van der Waals surface area (Å²) in [5.41, 5.74) is 0. The molecule has 0 aliphatic carbocycles. The lowest BCUT2D eigenvalue weighted by Gasteiger charge is -2.29. The second-order valence-electron chi connectivity index (χ2n) is 5.91. The maximum Gasteiger partial charge on any atom is 0.0194 e. The predicted molar refractivity (Wildman–Crippen MR) is 82.3 cm³/mol. The van der Waals surface area contributed by atoms with Crippen LogP contribution in [0, 0.1) is 0 Å². The maximum atomic E-state index is 3.48. The van der Waals surface area contributed by atoms with E-state index in [0.29, 0.717) is 12.1 Å². The van der Waals surface area contributed by atoms with E-state index < -0.39 is 0 Å². The Labute approximate surface area is 115 Å². The van der Waals surface area contributed by atoms with Gasteiger partial charge in [0, 0.05) is 18.6 Å². The lowest BCUT2D eigenvalue weighted by Crippen LogP contribution is -2.40. The zero-order chi connectivity index (χ0) is 14.0. The molecule has 0 rings (SSSR count). The molecule has 3 nitrogen and oxygen atoms in total. The average molecular weight is 257 g/mol. The Morgan fingerprint density at radius 2 is 1.67 bits per heavy atom. The van der Waals surface area contributed by atoms with Crippen molar-refractivity contribution in [2.45, 2.75) is 59.0 Å². The van der Waals surface area contributed by atoms with Crippen LogP contribution in [0.1, 0.15) is 47.0 Å². The topological polar surface area (TPSA) is 18.5 Å². The van der Waals surface area contributed by atoms with Crippen LogP contribution in [-0.4, -0.2) is 62.2 Å². The van der Waals surface area contributed by atoms with Gasteiger partial charge in [-0.1, -0.05) is 27.2 Å². The number of rotatable bonds is 11. The smallest absolute Gasteiger partial charge is 0.0194 e. The predicted octanol–water partition coefficient (Wildman–Crippen LogP) is 2.43.